The second-order valence-electron chi connectivity index (χ2n) is 5.35. The molecule has 1 aliphatic carbocycles. The van der Waals surface area contributed by atoms with E-state index in [1.165, 1.54) is 25.7 Å². The van der Waals surface area contributed by atoms with Gasteiger partial charge in [-0.1, -0.05) is 19.8 Å². The first-order chi connectivity index (χ1) is 8.61. The van der Waals surface area contributed by atoms with Crippen LogP contribution in [0.3, 0.4) is 0 Å². The van der Waals surface area contributed by atoms with Crippen molar-refractivity contribution in [3.05, 3.63) is 11.9 Å². The fourth-order valence-electron chi connectivity index (χ4n) is 2.90. The van der Waals surface area contributed by atoms with Crippen LogP contribution in [0.1, 0.15) is 38.4 Å². The molecule has 0 saturated heterocycles. The maximum atomic E-state index is 4.57. The number of anilines is 2. The number of nitrogens with one attached hydrogen (secondary N) is 1. The topological polar surface area (TPSA) is 41.0 Å². The Labute approximate surface area is 110 Å². The second kappa shape index (κ2) is 5.55. The highest BCUT2D eigenvalue weighted by Gasteiger charge is 2.26. The number of rotatable bonds is 3. The minimum atomic E-state index is 0.609. The molecule has 0 radical (unpaired) electrons. The van der Waals surface area contributed by atoms with Gasteiger partial charge in [-0.2, -0.15) is 0 Å². The van der Waals surface area contributed by atoms with Gasteiger partial charge in [-0.05, 0) is 25.7 Å². The molecule has 1 aromatic rings. The van der Waals surface area contributed by atoms with Crippen molar-refractivity contribution in [2.45, 2.75) is 45.6 Å². The van der Waals surface area contributed by atoms with Gasteiger partial charge < -0.3 is 10.2 Å². The zero-order chi connectivity index (χ0) is 13.1. The molecule has 4 heteroatoms. The van der Waals surface area contributed by atoms with Crippen molar-refractivity contribution in [1.29, 1.82) is 0 Å². The molecule has 0 bridgehead atoms. The van der Waals surface area contributed by atoms with Crippen LogP contribution in [0.5, 0.6) is 0 Å². The Morgan fingerprint density at radius 3 is 2.67 bits per heavy atom. The normalized spacial score (nSPS) is 23.8. The summed E-state index contributed by atoms with van der Waals surface area (Å²) in [6, 6.07) is 2.65. The van der Waals surface area contributed by atoms with Gasteiger partial charge >= 0.3 is 0 Å². The van der Waals surface area contributed by atoms with Gasteiger partial charge in [0, 0.05) is 26.2 Å². The average molecular weight is 248 g/mol. The first kappa shape index (κ1) is 13.1. The van der Waals surface area contributed by atoms with Crippen LogP contribution in [0.25, 0.3) is 0 Å². The molecule has 1 saturated carbocycles. The first-order valence-electron chi connectivity index (χ1n) is 6.88. The molecule has 0 spiro atoms. The number of hydrogen-bond donors (Lipinski definition) is 1. The van der Waals surface area contributed by atoms with Crippen molar-refractivity contribution >= 4 is 11.6 Å². The van der Waals surface area contributed by atoms with E-state index in [2.05, 4.69) is 34.2 Å². The first-order valence-corrected chi connectivity index (χ1v) is 6.88. The monoisotopic (exact) mass is 248 g/mol. The molecular formula is C14H24N4. The Bertz CT molecular complexity index is 405. The summed E-state index contributed by atoms with van der Waals surface area (Å²) in [4.78, 5) is 11.2. The van der Waals surface area contributed by atoms with Gasteiger partial charge in [-0.15, -0.1) is 0 Å². The van der Waals surface area contributed by atoms with Crippen LogP contribution in [0.15, 0.2) is 6.07 Å². The van der Waals surface area contributed by atoms with Gasteiger partial charge in [0.1, 0.15) is 17.5 Å². The summed E-state index contributed by atoms with van der Waals surface area (Å²) in [5.74, 6) is 3.50. The Balaban J connectivity index is 2.21. The molecule has 1 aliphatic rings. The Hall–Kier alpha value is -1.32. The molecule has 0 aromatic carbocycles. The molecule has 0 aliphatic heterocycles. The predicted octanol–water partition coefficient (Wildman–Crippen LogP) is 2.84. The van der Waals surface area contributed by atoms with E-state index in [9.17, 15) is 0 Å². The summed E-state index contributed by atoms with van der Waals surface area (Å²) >= 11 is 0. The zero-order valence-electron chi connectivity index (χ0n) is 11.9. The minimum Gasteiger partial charge on any atom is -0.373 e. The third-order valence-corrected chi connectivity index (χ3v) is 4.01. The van der Waals surface area contributed by atoms with Crippen LogP contribution in [0.2, 0.25) is 0 Å². The van der Waals surface area contributed by atoms with Crippen molar-refractivity contribution in [2.75, 3.05) is 24.3 Å². The lowest BCUT2D eigenvalue weighted by molar-refractivity contribution is 0.320. The second-order valence-corrected chi connectivity index (χ2v) is 5.35. The summed E-state index contributed by atoms with van der Waals surface area (Å²) in [7, 11) is 4.06. The van der Waals surface area contributed by atoms with Gasteiger partial charge in [-0.3, -0.25) is 0 Å². The molecule has 4 nitrogen and oxygen atoms in total. The molecule has 1 heterocycles. The van der Waals surface area contributed by atoms with E-state index in [4.69, 9.17) is 0 Å². The van der Waals surface area contributed by atoms with Crippen molar-refractivity contribution in [3.63, 3.8) is 0 Å². The largest absolute Gasteiger partial charge is 0.373 e. The third kappa shape index (κ3) is 2.74. The molecule has 1 aromatic heterocycles. The van der Waals surface area contributed by atoms with Crippen molar-refractivity contribution in [3.8, 4) is 0 Å². The van der Waals surface area contributed by atoms with E-state index in [0.29, 0.717) is 6.04 Å². The smallest absolute Gasteiger partial charge is 0.134 e. The quantitative estimate of drug-likeness (QED) is 0.893. The van der Waals surface area contributed by atoms with Crippen LogP contribution in [0.4, 0.5) is 11.6 Å². The average Bonchev–Trinajstić information content (AvgIpc) is 2.37. The summed E-state index contributed by atoms with van der Waals surface area (Å²) in [6.45, 7) is 4.30. The number of aromatic nitrogens is 2. The van der Waals surface area contributed by atoms with Crippen LogP contribution in [-0.2, 0) is 0 Å². The lowest BCUT2D eigenvalue weighted by Crippen LogP contribution is -2.39. The van der Waals surface area contributed by atoms with E-state index < -0.39 is 0 Å². The van der Waals surface area contributed by atoms with E-state index >= 15 is 0 Å². The SMILES string of the molecule is CNc1cc(N(C)C2CCCCC2C)nc(C)n1. The molecule has 1 fully saturated rings. The molecular weight excluding hydrogens is 224 g/mol. The number of nitrogens with zero attached hydrogens (tertiary/aromatic N) is 3. The highest BCUT2D eigenvalue weighted by Crippen LogP contribution is 2.30. The fraction of sp³-hybridized carbons (Fsp3) is 0.714. The highest BCUT2D eigenvalue weighted by molar-refractivity contribution is 5.49. The van der Waals surface area contributed by atoms with E-state index in [-0.39, 0.29) is 0 Å². The highest BCUT2D eigenvalue weighted by atomic mass is 15.2. The Morgan fingerprint density at radius 1 is 1.28 bits per heavy atom. The van der Waals surface area contributed by atoms with Crippen molar-refractivity contribution < 1.29 is 0 Å². The lowest BCUT2D eigenvalue weighted by Gasteiger charge is -2.37. The molecule has 2 unspecified atom stereocenters. The molecule has 2 atom stereocenters. The standard InChI is InChI=1S/C14H24N4/c1-10-7-5-6-8-12(10)18(4)14-9-13(15-3)16-11(2)17-14/h9-10,12H,5-8H2,1-4H3,(H,15,16,17). The molecule has 1 N–H and O–H groups in total. The summed E-state index contributed by atoms with van der Waals surface area (Å²) in [5, 5.41) is 3.10. The van der Waals surface area contributed by atoms with Gasteiger partial charge in [0.05, 0.1) is 0 Å². The number of hydrogen-bond acceptors (Lipinski definition) is 4. The van der Waals surface area contributed by atoms with Gasteiger partial charge in [0.25, 0.3) is 0 Å². The summed E-state index contributed by atoms with van der Waals surface area (Å²) in [5.41, 5.74) is 0. The maximum absolute atomic E-state index is 4.57. The van der Waals surface area contributed by atoms with Crippen LogP contribution < -0.4 is 10.2 Å². The van der Waals surface area contributed by atoms with E-state index in [1.807, 2.05) is 20.0 Å². The molecule has 0 amide bonds. The van der Waals surface area contributed by atoms with Crippen LogP contribution >= 0.6 is 0 Å². The fourth-order valence-corrected chi connectivity index (χ4v) is 2.90. The Morgan fingerprint density at radius 2 is 2.00 bits per heavy atom. The summed E-state index contributed by atoms with van der Waals surface area (Å²) < 4.78 is 0. The predicted molar refractivity (Wildman–Crippen MR) is 76.1 cm³/mol. The van der Waals surface area contributed by atoms with E-state index in [1.54, 1.807) is 0 Å². The molecule has 18 heavy (non-hydrogen) atoms. The van der Waals surface area contributed by atoms with Crippen molar-refractivity contribution in [1.82, 2.24) is 9.97 Å². The van der Waals surface area contributed by atoms with Crippen LogP contribution in [-0.4, -0.2) is 30.1 Å². The number of aryl methyl sites for hydroxylation is 1. The zero-order valence-corrected chi connectivity index (χ0v) is 11.9. The lowest BCUT2D eigenvalue weighted by atomic mass is 9.85. The minimum absolute atomic E-state index is 0.609. The molecule has 100 valence electrons. The van der Waals surface area contributed by atoms with Crippen LogP contribution in [0, 0.1) is 12.8 Å². The maximum Gasteiger partial charge on any atom is 0.134 e. The van der Waals surface area contributed by atoms with Gasteiger partial charge in [0.15, 0.2) is 0 Å². The summed E-state index contributed by atoms with van der Waals surface area (Å²) in [6.07, 6.45) is 5.31. The van der Waals surface area contributed by atoms with Gasteiger partial charge in [0.2, 0.25) is 0 Å². The van der Waals surface area contributed by atoms with Gasteiger partial charge in [-0.25, -0.2) is 9.97 Å². The third-order valence-electron chi connectivity index (χ3n) is 4.01. The Kier molecular flexibility index (Phi) is 4.04. The van der Waals surface area contributed by atoms with E-state index in [0.717, 1.165) is 23.4 Å². The van der Waals surface area contributed by atoms with Crippen molar-refractivity contribution in [2.24, 2.45) is 5.92 Å². The molecule has 2 rings (SSSR count).